The van der Waals surface area contributed by atoms with Crippen molar-refractivity contribution in [3.05, 3.63) is 16.3 Å². The molecule has 13 heavy (non-hydrogen) atoms. The van der Waals surface area contributed by atoms with Gasteiger partial charge in [0, 0.05) is 6.92 Å². The molecule has 1 rings (SSSR count). The number of rotatable bonds is 2. The minimum atomic E-state index is -0.476. The van der Waals surface area contributed by atoms with E-state index in [0.717, 1.165) is 0 Å². The highest BCUT2D eigenvalue weighted by atomic mass is 32.1. The molecule has 0 aliphatic heterocycles. The third-order valence-corrected chi connectivity index (χ3v) is 2.30. The number of carbonyl (C=O) groups is 1. The van der Waals surface area contributed by atoms with E-state index in [4.69, 9.17) is 0 Å². The molecule has 0 unspecified atom stereocenters. The first-order valence-corrected chi connectivity index (χ1v) is 4.48. The summed E-state index contributed by atoms with van der Waals surface area (Å²) in [6.45, 7) is 2.93. The van der Waals surface area contributed by atoms with Crippen LogP contribution in [0.25, 0.3) is 0 Å². The lowest BCUT2D eigenvalue weighted by Crippen LogP contribution is -1.97. The Balaban J connectivity index is 2.78. The van der Waals surface area contributed by atoms with Crippen LogP contribution in [0.5, 0.6) is 5.75 Å². The monoisotopic (exact) mass is 199 g/mol. The van der Waals surface area contributed by atoms with Gasteiger partial charge >= 0.3 is 5.97 Å². The Morgan fingerprint density at radius 2 is 2.31 bits per heavy atom. The minimum absolute atomic E-state index is 0.151. The highest BCUT2D eigenvalue weighted by molar-refractivity contribution is 7.12. The minimum Gasteiger partial charge on any atom is -0.506 e. The van der Waals surface area contributed by atoms with Crippen molar-refractivity contribution in [3.63, 3.8) is 0 Å². The van der Waals surface area contributed by atoms with Crippen molar-refractivity contribution >= 4 is 23.0 Å². The number of thiophene rings is 1. The van der Waals surface area contributed by atoms with Crippen LogP contribution in [-0.4, -0.2) is 16.8 Å². The smallest absolute Gasteiger partial charge is 0.331 e. The van der Waals surface area contributed by atoms with E-state index in [1.54, 1.807) is 18.4 Å². The van der Waals surface area contributed by atoms with Gasteiger partial charge in [-0.15, -0.1) is 11.3 Å². The van der Waals surface area contributed by atoms with Crippen molar-refractivity contribution in [2.24, 2.45) is 5.16 Å². The van der Waals surface area contributed by atoms with Crippen LogP contribution in [0.3, 0.4) is 0 Å². The van der Waals surface area contributed by atoms with Crippen molar-refractivity contribution in [3.8, 4) is 5.75 Å². The van der Waals surface area contributed by atoms with Gasteiger partial charge in [0.05, 0.1) is 10.6 Å². The van der Waals surface area contributed by atoms with Gasteiger partial charge in [-0.3, -0.25) is 0 Å². The van der Waals surface area contributed by atoms with Gasteiger partial charge in [-0.2, -0.15) is 0 Å². The van der Waals surface area contributed by atoms with Crippen LogP contribution in [0, 0.1) is 0 Å². The molecule has 0 amide bonds. The summed E-state index contributed by atoms with van der Waals surface area (Å²) in [5, 5.41) is 14.6. The van der Waals surface area contributed by atoms with Crippen LogP contribution >= 0.6 is 11.3 Å². The average Bonchev–Trinajstić information content (AvgIpc) is 2.47. The van der Waals surface area contributed by atoms with E-state index in [1.165, 1.54) is 18.3 Å². The Morgan fingerprint density at radius 3 is 2.77 bits per heavy atom. The topological polar surface area (TPSA) is 58.9 Å². The molecule has 70 valence electrons. The lowest BCUT2D eigenvalue weighted by atomic mass is 10.3. The van der Waals surface area contributed by atoms with E-state index in [0.29, 0.717) is 10.6 Å². The molecule has 0 spiro atoms. The number of hydrogen-bond acceptors (Lipinski definition) is 5. The number of carbonyl (C=O) groups excluding carboxylic acids is 1. The number of nitrogens with zero attached hydrogens (tertiary/aromatic N) is 1. The van der Waals surface area contributed by atoms with Crippen LogP contribution in [0.4, 0.5) is 0 Å². The third kappa shape index (κ3) is 2.55. The molecule has 4 nitrogen and oxygen atoms in total. The molecule has 1 aromatic heterocycles. The fraction of sp³-hybridized carbons (Fsp3) is 0.250. The molecule has 0 aliphatic rings. The van der Waals surface area contributed by atoms with Gasteiger partial charge < -0.3 is 9.94 Å². The average molecular weight is 199 g/mol. The molecule has 5 heteroatoms. The molecule has 0 fully saturated rings. The number of aromatic hydroxyl groups is 1. The van der Waals surface area contributed by atoms with Crippen LogP contribution < -0.4 is 0 Å². The molecular formula is C8H9NO3S. The highest BCUT2D eigenvalue weighted by Crippen LogP contribution is 2.23. The van der Waals surface area contributed by atoms with Crippen LogP contribution in [0.2, 0.25) is 0 Å². The lowest BCUT2D eigenvalue weighted by molar-refractivity contribution is -0.140. The van der Waals surface area contributed by atoms with Crippen molar-refractivity contribution in [2.45, 2.75) is 13.8 Å². The summed E-state index contributed by atoms with van der Waals surface area (Å²) in [5.41, 5.74) is 0.489. The second-order valence-electron chi connectivity index (χ2n) is 2.39. The van der Waals surface area contributed by atoms with Gasteiger partial charge in [0.25, 0.3) is 0 Å². The Morgan fingerprint density at radius 1 is 1.62 bits per heavy atom. The van der Waals surface area contributed by atoms with Crippen LogP contribution in [-0.2, 0) is 9.63 Å². The SMILES string of the molecule is CC(=O)O/N=C(/C)c1sccc1O. The zero-order chi connectivity index (χ0) is 9.84. The Labute approximate surface area is 79.5 Å². The van der Waals surface area contributed by atoms with E-state index < -0.39 is 5.97 Å². The van der Waals surface area contributed by atoms with Gasteiger partial charge in [0.15, 0.2) is 0 Å². The summed E-state index contributed by atoms with van der Waals surface area (Å²) in [7, 11) is 0. The number of hydrogen-bond donors (Lipinski definition) is 1. The summed E-state index contributed by atoms with van der Waals surface area (Å²) in [6.07, 6.45) is 0. The van der Waals surface area contributed by atoms with E-state index in [-0.39, 0.29) is 5.75 Å². The van der Waals surface area contributed by atoms with Gasteiger partial charge in [-0.1, -0.05) is 5.16 Å². The number of oxime groups is 1. The Hall–Kier alpha value is -1.36. The van der Waals surface area contributed by atoms with Gasteiger partial charge in [0.2, 0.25) is 0 Å². The van der Waals surface area contributed by atoms with Crippen molar-refractivity contribution in [1.82, 2.24) is 0 Å². The Bertz CT molecular complexity index is 343. The van der Waals surface area contributed by atoms with E-state index in [2.05, 4.69) is 9.99 Å². The van der Waals surface area contributed by atoms with Gasteiger partial charge in [-0.25, -0.2) is 4.79 Å². The summed E-state index contributed by atoms with van der Waals surface area (Å²) in [5.74, 6) is -0.325. The predicted octanol–water partition coefficient (Wildman–Crippen LogP) is 1.74. The van der Waals surface area contributed by atoms with Crippen molar-refractivity contribution < 1.29 is 14.7 Å². The maximum absolute atomic E-state index is 10.4. The molecule has 0 aromatic carbocycles. The van der Waals surface area contributed by atoms with E-state index in [9.17, 15) is 9.90 Å². The quantitative estimate of drug-likeness (QED) is 0.448. The second-order valence-corrected chi connectivity index (χ2v) is 3.31. The summed E-state index contributed by atoms with van der Waals surface area (Å²) in [4.78, 5) is 15.5. The second kappa shape index (κ2) is 4.04. The summed E-state index contributed by atoms with van der Waals surface area (Å²) in [6, 6.07) is 1.56. The molecule has 0 saturated carbocycles. The maximum atomic E-state index is 10.4. The van der Waals surface area contributed by atoms with Crippen LogP contribution in [0.15, 0.2) is 16.6 Å². The molecule has 1 aromatic rings. The first-order valence-electron chi connectivity index (χ1n) is 3.60. The summed E-state index contributed by atoms with van der Waals surface area (Å²) < 4.78 is 0. The molecule has 1 N–H and O–H groups in total. The molecule has 0 radical (unpaired) electrons. The first-order chi connectivity index (χ1) is 6.11. The van der Waals surface area contributed by atoms with Crippen molar-refractivity contribution in [1.29, 1.82) is 0 Å². The standard InChI is InChI=1S/C8H9NO3S/c1-5(9-12-6(2)10)8-7(11)3-4-13-8/h3-4,11H,1-2H3/b9-5-. The summed E-state index contributed by atoms with van der Waals surface area (Å²) >= 11 is 1.34. The fourth-order valence-electron chi connectivity index (χ4n) is 0.747. The third-order valence-electron chi connectivity index (χ3n) is 1.28. The maximum Gasteiger partial charge on any atom is 0.331 e. The predicted molar refractivity (Wildman–Crippen MR) is 50.0 cm³/mol. The van der Waals surface area contributed by atoms with E-state index >= 15 is 0 Å². The normalized spacial score (nSPS) is 11.4. The van der Waals surface area contributed by atoms with Crippen molar-refractivity contribution in [2.75, 3.05) is 0 Å². The zero-order valence-electron chi connectivity index (χ0n) is 7.27. The zero-order valence-corrected chi connectivity index (χ0v) is 8.09. The fourth-order valence-corrected chi connectivity index (χ4v) is 1.48. The van der Waals surface area contributed by atoms with Crippen LogP contribution in [0.1, 0.15) is 18.7 Å². The molecule has 1 heterocycles. The van der Waals surface area contributed by atoms with E-state index in [1.807, 2.05) is 0 Å². The van der Waals surface area contributed by atoms with Gasteiger partial charge in [-0.05, 0) is 18.4 Å². The molecule has 0 bridgehead atoms. The Kier molecular flexibility index (Phi) is 3.02. The first kappa shape index (κ1) is 9.73. The van der Waals surface area contributed by atoms with Gasteiger partial charge in [0.1, 0.15) is 5.75 Å². The lowest BCUT2D eigenvalue weighted by Gasteiger charge is -1.96. The molecule has 0 atom stereocenters. The molecule has 0 saturated heterocycles. The highest BCUT2D eigenvalue weighted by Gasteiger charge is 2.06. The molecular weight excluding hydrogens is 190 g/mol. The largest absolute Gasteiger partial charge is 0.506 e. The molecule has 0 aliphatic carbocycles.